The Morgan fingerprint density at radius 2 is 1.81 bits per heavy atom. The zero-order valence-electron chi connectivity index (χ0n) is 17.0. The summed E-state index contributed by atoms with van der Waals surface area (Å²) in [5, 5.41) is 13.9. The van der Waals surface area contributed by atoms with Gasteiger partial charge >= 0.3 is 5.97 Å². The van der Waals surface area contributed by atoms with Crippen molar-refractivity contribution in [1.82, 2.24) is 14.9 Å². The van der Waals surface area contributed by atoms with Gasteiger partial charge in [-0.1, -0.05) is 35.3 Å². The molecule has 0 fully saturated rings. The predicted octanol–water partition coefficient (Wildman–Crippen LogP) is 5.58. The Bertz CT molecular complexity index is 1300. The first-order chi connectivity index (χ1) is 15.3. The number of hydrogen-bond donors (Lipinski definition) is 2. The molecular formula is C24H19Cl2N3O3. The van der Waals surface area contributed by atoms with Crippen molar-refractivity contribution in [2.24, 2.45) is 0 Å². The molecule has 2 aromatic heterocycles. The Kier molecular flexibility index (Phi) is 6.17. The van der Waals surface area contributed by atoms with Gasteiger partial charge in [-0.15, -0.1) is 0 Å². The number of hydrogen-bond acceptors (Lipinski definition) is 3. The molecule has 0 radical (unpaired) electrons. The van der Waals surface area contributed by atoms with E-state index in [1.165, 1.54) is 12.3 Å². The summed E-state index contributed by atoms with van der Waals surface area (Å²) in [5.41, 5.74) is 2.90. The van der Waals surface area contributed by atoms with Crippen molar-refractivity contribution in [3.8, 4) is 0 Å². The lowest BCUT2D eigenvalue weighted by atomic mass is 10.1. The number of nitrogens with zero attached hydrogens (tertiary/aromatic N) is 2. The molecule has 4 rings (SSSR count). The Balaban J connectivity index is 1.63. The molecule has 0 aliphatic carbocycles. The zero-order chi connectivity index (χ0) is 22.8. The normalized spacial score (nSPS) is 12.0. The Labute approximate surface area is 194 Å². The lowest BCUT2D eigenvalue weighted by Crippen LogP contribution is -2.28. The van der Waals surface area contributed by atoms with Gasteiger partial charge in [0.15, 0.2) is 0 Å². The molecule has 0 spiro atoms. The summed E-state index contributed by atoms with van der Waals surface area (Å²) in [6.45, 7) is 2.35. The fourth-order valence-electron chi connectivity index (χ4n) is 3.54. The highest BCUT2D eigenvalue weighted by Gasteiger charge is 2.19. The second-order valence-electron chi connectivity index (χ2n) is 7.43. The fourth-order valence-corrected chi connectivity index (χ4v) is 3.89. The summed E-state index contributed by atoms with van der Waals surface area (Å²) < 4.78 is 1.99. The lowest BCUT2D eigenvalue weighted by molar-refractivity contribution is 0.0696. The number of aromatic carboxylic acids is 1. The first-order valence-corrected chi connectivity index (χ1v) is 10.6. The third-order valence-corrected chi connectivity index (χ3v) is 5.63. The van der Waals surface area contributed by atoms with E-state index in [0.717, 1.165) is 16.5 Å². The molecule has 162 valence electrons. The van der Waals surface area contributed by atoms with Crippen LogP contribution in [0.2, 0.25) is 10.0 Å². The molecule has 2 N–H and O–H groups in total. The number of halogens is 2. The molecule has 8 heteroatoms. The van der Waals surface area contributed by atoms with Crippen LogP contribution in [0.15, 0.2) is 67.0 Å². The topological polar surface area (TPSA) is 84.2 Å². The number of fused-ring (bicyclic) bond motifs is 1. The highest BCUT2D eigenvalue weighted by Crippen LogP contribution is 2.27. The van der Waals surface area contributed by atoms with Gasteiger partial charge in [-0.3, -0.25) is 9.78 Å². The van der Waals surface area contributed by atoms with Crippen molar-refractivity contribution < 1.29 is 14.7 Å². The Hall–Kier alpha value is -3.35. The number of carbonyl (C=O) groups excluding carboxylic acids is 1. The number of aromatic nitrogens is 2. The van der Waals surface area contributed by atoms with E-state index in [9.17, 15) is 9.59 Å². The number of carbonyl (C=O) groups is 2. The van der Waals surface area contributed by atoms with Crippen LogP contribution in [0.3, 0.4) is 0 Å². The quantitative estimate of drug-likeness (QED) is 0.387. The molecular weight excluding hydrogens is 449 g/mol. The van der Waals surface area contributed by atoms with Crippen molar-refractivity contribution in [3.63, 3.8) is 0 Å². The molecule has 1 amide bonds. The molecule has 1 unspecified atom stereocenters. The number of rotatable bonds is 6. The van der Waals surface area contributed by atoms with Crippen LogP contribution in [0.1, 0.15) is 44.9 Å². The summed E-state index contributed by atoms with van der Waals surface area (Å²) in [6.07, 6.45) is 3.19. The zero-order valence-corrected chi connectivity index (χ0v) is 18.6. The summed E-state index contributed by atoms with van der Waals surface area (Å²) >= 11 is 12.3. The molecule has 1 atom stereocenters. The van der Waals surface area contributed by atoms with Gasteiger partial charge in [-0.25, -0.2) is 4.79 Å². The molecule has 0 saturated carbocycles. The van der Waals surface area contributed by atoms with Crippen molar-refractivity contribution in [2.45, 2.75) is 19.5 Å². The van der Waals surface area contributed by atoms with Gasteiger partial charge in [0, 0.05) is 34.4 Å². The second-order valence-corrected chi connectivity index (χ2v) is 8.31. The Morgan fingerprint density at radius 1 is 1.06 bits per heavy atom. The van der Waals surface area contributed by atoms with Gasteiger partial charge in [-0.05, 0) is 55.0 Å². The van der Waals surface area contributed by atoms with Gasteiger partial charge < -0.3 is 15.0 Å². The van der Waals surface area contributed by atoms with Crippen LogP contribution in [0, 0.1) is 0 Å². The molecule has 32 heavy (non-hydrogen) atoms. The molecule has 4 aromatic rings. The van der Waals surface area contributed by atoms with Crippen LogP contribution in [0.4, 0.5) is 0 Å². The van der Waals surface area contributed by atoms with E-state index >= 15 is 0 Å². The van der Waals surface area contributed by atoms with Crippen LogP contribution in [-0.4, -0.2) is 26.5 Å². The van der Waals surface area contributed by atoms with E-state index in [1.54, 1.807) is 19.1 Å². The number of amides is 1. The van der Waals surface area contributed by atoms with Gasteiger partial charge in [0.25, 0.3) is 5.91 Å². The van der Waals surface area contributed by atoms with Crippen LogP contribution >= 0.6 is 23.2 Å². The second kappa shape index (κ2) is 9.02. The third kappa shape index (κ3) is 4.61. The number of nitrogens with one attached hydrogen (secondary N) is 1. The minimum absolute atomic E-state index is 0.0869. The molecule has 6 nitrogen and oxygen atoms in total. The van der Waals surface area contributed by atoms with Crippen LogP contribution in [0.25, 0.3) is 10.9 Å². The van der Waals surface area contributed by atoms with Crippen LogP contribution in [0.5, 0.6) is 0 Å². The monoisotopic (exact) mass is 467 g/mol. The van der Waals surface area contributed by atoms with Gasteiger partial charge in [0.1, 0.15) is 0 Å². The van der Waals surface area contributed by atoms with Crippen LogP contribution < -0.4 is 5.32 Å². The molecule has 2 aromatic carbocycles. The van der Waals surface area contributed by atoms with Gasteiger partial charge in [0.2, 0.25) is 0 Å². The molecule has 0 bridgehead atoms. The standard InChI is InChI=1S/C24H19Cl2N3O3/c1-14(21-7-4-17(12-27-21)24(31)32)28-23(30)20-11-19(26)10-16-8-9-29(22(16)20)13-15-2-5-18(25)6-3-15/h2-12,14H,13H2,1H3,(H,28,30)(H,31,32). The molecule has 2 heterocycles. The van der Waals surface area contributed by atoms with Crippen molar-refractivity contribution in [2.75, 3.05) is 0 Å². The van der Waals surface area contributed by atoms with E-state index in [1.807, 2.05) is 47.2 Å². The molecule has 0 saturated heterocycles. The number of carboxylic acids is 1. The van der Waals surface area contributed by atoms with Gasteiger partial charge in [0.05, 0.1) is 28.4 Å². The fraction of sp³-hybridized carbons (Fsp3) is 0.125. The van der Waals surface area contributed by atoms with E-state index in [0.29, 0.717) is 27.8 Å². The van der Waals surface area contributed by atoms with E-state index in [2.05, 4.69) is 10.3 Å². The van der Waals surface area contributed by atoms with E-state index < -0.39 is 12.0 Å². The summed E-state index contributed by atoms with van der Waals surface area (Å²) in [5.74, 6) is -1.35. The average Bonchev–Trinajstić information content (AvgIpc) is 3.17. The maximum absolute atomic E-state index is 13.2. The first-order valence-electron chi connectivity index (χ1n) is 9.85. The SMILES string of the molecule is CC(NC(=O)c1cc(Cl)cc2ccn(Cc3ccc(Cl)cc3)c12)c1ccc(C(=O)O)cn1. The van der Waals surface area contributed by atoms with Crippen LogP contribution in [-0.2, 0) is 6.54 Å². The first kappa shape index (κ1) is 21.9. The average molecular weight is 468 g/mol. The minimum Gasteiger partial charge on any atom is -0.478 e. The predicted molar refractivity (Wildman–Crippen MR) is 125 cm³/mol. The maximum Gasteiger partial charge on any atom is 0.337 e. The largest absolute Gasteiger partial charge is 0.478 e. The molecule has 0 aliphatic heterocycles. The van der Waals surface area contributed by atoms with E-state index in [4.69, 9.17) is 28.3 Å². The summed E-state index contributed by atoms with van der Waals surface area (Å²) in [6, 6.07) is 15.5. The summed E-state index contributed by atoms with van der Waals surface area (Å²) in [4.78, 5) is 28.4. The maximum atomic E-state index is 13.2. The Morgan fingerprint density at radius 3 is 2.47 bits per heavy atom. The van der Waals surface area contributed by atoms with Crippen molar-refractivity contribution >= 4 is 46.0 Å². The van der Waals surface area contributed by atoms with E-state index in [-0.39, 0.29) is 11.5 Å². The number of carboxylic acid groups (broad SMARTS) is 1. The lowest BCUT2D eigenvalue weighted by Gasteiger charge is -2.16. The summed E-state index contributed by atoms with van der Waals surface area (Å²) in [7, 11) is 0. The smallest absolute Gasteiger partial charge is 0.337 e. The minimum atomic E-state index is -1.05. The highest BCUT2D eigenvalue weighted by atomic mass is 35.5. The highest BCUT2D eigenvalue weighted by molar-refractivity contribution is 6.32. The number of pyridine rings is 1. The number of benzene rings is 2. The van der Waals surface area contributed by atoms with Gasteiger partial charge in [-0.2, -0.15) is 0 Å². The van der Waals surface area contributed by atoms with Crippen molar-refractivity contribution in [3.05, 3.63) is 99.4 Å². The third-order valence-electron chi connectivity index (χ3n) is 5.16. The molecule has 0 aliphatic rings. The van der Waals surface area contributed by atoms with Crippen molar-refractivity contribution in [1.29, 1.82) is 0 Å².